The number of nitrogens with one attached hydrogen (secondary N) is 1. The van der Waals surface area contributed by atoms with Crippen LogP contribution in [0.1, 0.15) is 18.4 Å². The largest absolute Gasteiger partial charge is 0.372 e. The van der Waals surface area contributed by atoms with Crippen molar-refractivity contribution in [1.82, 2.24) is 10.3 Å². The second kappa shape index (κ2) is 5.58. The second-order valence-corrected chi connectivity index (χ2v) is 4.58. The molecule has 2 rings (SSSR count). The highest BCUT2D eigenvalue weighted by Crippen LogP contribution is 2.12. The first-order valence-electron chi connectivity index (χ1n) is 5.27. The Morgan fingerprint density at radius 2 is 2.53 bits per heavy atom. The lowest BCUT2D eigenvalue weighted by molar-refractivity contribution is 0.0252. The SMILES string of the molecule is Brc1cc(COC2CCCNC2)ccn1. The van der Waals surface area contributed by atoms with Crippen LogP contribution < -0.4 is 5.32 Å². The van der Waals surface area contributed by atoms with E-state index in [1.807, 2.05) is 12.1 Å². The fourth-order valence-corrected chi connectivity index (χ4v) is 2.12. The van der Waals surface area contributed by atoms with Crippen LogP contribution >= 0.6 is 15.9 Å². The van der Waals surface area contributed by atoms with E-state index in [1.54, 1.807) is 6.20 Å². The maximum absolute atomic E-state index is 5.81. The molecule has 1 aliphatic heterocycles. The molecule has 1 saturated heterocycles. The molecular formula is C11H15BrN2O. The number of ether oxygens (including phenoxy) is 1. The van der Waals surface area contributed by atoms with Gasteiger partial charge in [0.05, 0.1) is 12.7 Å². The van der Waals surface area contributed by atoms with E-state index in [-0.39, 0.29) is 0 Å². The number of halogens is 1. The predicted octanol–water partition coefficient (Wildman–Crippen LogP) is 2.11. The Labute approximate surface area is 98.4 Å². The number of pyridine rings is 1. The molecule has 0 radical (unpaired) electrons. The number of hydrogen-bond donors (Lipinski definition) is 1. The predicted molar refractivity (Wildman–Crippen MR) is 62.6 cm³/mol. The number of piperidine rings is 1. The van der Waals surface area contributed by atoms with E-state index in [0.29, 0.717) is 12.7 Å². The van der Waals surface area contributed by atoms with Crippen LogP contribution in [-0.4, -0.2) is 24.2 Å². The lowest BCUT2D eigenvalue weighted by Gasteiger charge is -2.23. The van der Waals surface area contributed by atoms with Gasteiger partial charge >= 0.3 is 0 Å². The molecule has 0 aromatic carbocycles. The van der Waals surface area contributed by atoms with Crippen LogP contribution in [0.2, 0.25) is 0 Å². The van der Waals surface area contributed by atoms with Gasteiger partial charge in [0.1, 0.15) is 4.60 Å². The van der Waals surface area contributed by atoms with Crippen LogP contribution in [0, 0.1) is 0 Å². The normalized spacial score (nSPS) is 21.5. The van der Waals surface area contributed by atoms with Crippen molar-refractivity contribution >= 4 is 15.9 Å². The number of rotatable bonds is 3. The summed E-state index contributed by atoms with van der Waals surface area (Å²) in [5.41, 5.74) is 1.17. The summed E-state index contributed by atoms with van der Waals surface area (Å²) < 4.78 is 6.68. The Bertz CT molecular complexity index is 313. The van der Waals surface area contributed by atoms with Crippen molar-refractivity contribution < 1.29 is 4.74 Å². The van der Waals surface area contributed by atoms with E-state index in [4.69, 9.17) is 4.74 Å². The highest BCUT2D eigenvalue weighted by atomic mass is 79.9. The van der Waals surface area contributed by atoms with Gasteiger partial charge in [0, 0.05) is 12.7 Å². The molecule has 0 bridgehead atoms. The van der Waals surface area contributed by atoms with Gasteiger partial charge in [0.2, 0.25) is 0 Å². The van der Waals surface area contributed by atoms with Crippen LogP contribution in [0.15, 0.2) is 22.9 Å². The molecule has 1 fully saturated rings. The van der Waals surface area contributed by atoms with Gasteiger partial charge in [-0.2, -0.15) is 0 Å². The molecule has 1 unspecified atom stereocenters. The molecule has 1 aromatic rings. The Morgan fingerprint density at radius 1 is 1.60 bits per heavy atom. The first-order chi connectivity index (χ1) is 7.34. The van der Waals surface area contributed by atoms with Crippen LogP contribution in [0.5, 0.6) is 0 Å². The Balaban J connectivity index is 1.81. The van der Waals surface area contributed by atoms with Gasteiger partial charge in [-0.15, -0.1) is 0 Å². The minimum atomic E-state index is 0.366. The van der Waals surface area contributed by atoms with Gasteiger partial charge in [-0.3, -0.25) is 0 Å². The summed E-state index contributed by atoms with van der Waals surface area (Å²) in [6.45, 7) is 2.78. The lowest BCUT2D eigenvalue weighted by Crippen LogP contribution is -2.35. The zero-order valence-electron chi connectivity index (χ0n) is 8.58. The molecule has 0 spiro atoms. The first kappa shape index (κ1) is 11.0. The van der Waals surface area contributed by atoms with Crippen molar-refractivity contribution in [1.29, 1.82) is 0 Å². The summed E-state index contributed by atoms with van der Waals surface area (Å²) >= 11 is 3.35. The average Bonchev–Trinajstić information content (AvgIpc) is 2.28. The van der Waals surface area contributed by atoms with Crippen molar-refractivity contribution in [2.75, 3.05) is 13.1 Å². The number of nitrogens with zero attached hydrogens (tertiary/aromatic N) is 1. The maximum Gasteiger partial charge on any atom is 0.106 e. The third kappa shape index (κ3) is 3.55. The first-order valence-corrected chi connectivity index (χ1v) is 6.06. The third-order valence-corrected chi connectivity index (χ3v) is 2.96. The molecule has 0 saturated carbocycles. The molecule has 1 aliphatic rings. The van der Waals surface area contributed by atoms with Gasteiger partial charge in [0.15, 0.2) is 0 Å². The van der Waals surface area contributed by atoms with E-state index >= 15 is 0 Å². The van der Waals surface area contributed by atoms with Gasteiger partial charge in [-0.25, -0.2) is 4.98 Å². The van der Waals surface area contributed by atoms with E-state index in [9.17, 15) is 0 Å². The van der Waals surface area contributed by atoms with Crippen molar-refractivity contribution in [3.63, 3.8) is 0 Å². The van der Waals surface area contributed by atoms with Gasteiger partial charge in [-0.1, -0.05) is 0 Å². The molecule has 4 heteroatoms. The summed E-state index contributed by atoms with van der Waals surface area (Å²) in [6.07, 6.45) is 4.54. The average molecular weight is 271 g/mol. The van der Waals surface area contributed by atoms with Crippen LogP contribution in [0.25, 0.3) is 0 Å². The van der Waals surface area contributed by atoms with E-state index in [1.165, 1.54) is 18.4 Å². The molecule has 3 nitrogen and oxygen atoms in total. The molecule has 82 valence electrons. The standard InChI is InChI=1S/C11H15BrN2O/c12-11-6-9(3-5-14-11)8-15-10-2-1-4-13-7-10/h3,5-6,10,13H,1-2,4,7-8H2. The fraction of sp³-hybridized carbons (Fsp3) is 0.545. The Hall–Kier alpha value is -0.450. The molecule has 1 atom stereocenters. The molecule has 2 heterocycles. The van der Waals surface area contributed by atoms with Crippen LogP contribution in [-0.2, 0) is 11.3 Å². The quantitative estimate of drug-likeness (QED) is 0.855. The Kier molecular flexibility index (Phi) is 4.11. The molecule has 1 N–H and O–H groups in total. The fourth-order valence-electron chi connectivity index (χ4n) is 1.71. The van der Waals surface area contributed by atoms with Gasteiger partial charge in [0.25, 0.3) is 0 Å². The highest BCUT2D eigenvalue weighted by Gasteiger charge is 2.12. The summed E-state index contributed by atoms with van der Waals surface area (Å²) in [6, 6.07) is 3.98. The van der Waals surface area contributed by atoms with E-state index in [0.717, 1.165) is 17.7 Å². The monoisotopic (exact) mass is 270 g/mol. The van der Waals surface area contributed by atoms with Crippen molar-refractivity contribution in [3.05, 3.63) is 28.5 Å². The topological polar surface area (TPSA) is 34.1 Å². The minimum absolute atomic E-state index is 0.366. The zero-order valence-corrected chi connectivity index (χ0v) is 10.2. The molecule has 15 heavy (non-hydrogen) atoms. The van der Waals surface area contributed by atoms with Crippen molar-refractivity contribution in [2.45, 2.75) is 25.6 Å². The summed E-state index contributed by atoms with van der Waals surface area (Å²) in [7, 11) is 0. The zero-order chi connectivity index (χ0) is 10.5. The third-order valence-electron chi connectivity index (χ3n) is 2.53. The second-order valence-electron chi connectivity index (χ2n) is 3.77. The summed E-state index contributed by atoms with van der Waals surface area (Å²) in [5, 5.41) is 3.34. The van der Waals surface area contributed by atoms with Crippen molar-refractivity contribution in [3.8, 4) is 0 Å². The van der Waals surface area contributed by atoms with E-state index < -0.39 is 0 Å². The number of hydrogen-bond acceptors (Lipinski definition) is 3. The Morgan fingerprint density at radius 3 is 3.27 bits per heavy atom. The van der Waals surface area contributed by atoms with E-state index in [2.05, 4.69) is 26.2 Å². The van der Waals surface area contributed by atoms with Gasteiger partial charge in [-0.05, 0) is 53.0 Å². The highest BCUT2D eigenvalue weighted by molar-refractivity contribution is 9.10. The minimum Gasteiger partial charge on any atom is -0.372 e. The summed E-state index contributed by atoms with van der Waals surface area (Å²) in [4.78, 5) is 4.08. The molecule has 0 aliphatic carbocycles. The molecule has 0 amide bonds. The van der Waals surface area contributed by atoms with Gasteiger partial charge < -0.3 is 10.1 Å². The summed E-state index contributed by atoms with van der Waals surface area (Å²) in [5.74, 6) is 0. The van der Waals surface area contributed by atoms with Crippen LogP contribution in [0.4, 0.5) is 0 Å². The maximum atomic E-state index is 5.81. The molecular weight excluding hydrogens is 256 g/mol. The van der Waals surface area contributed by atoms with Crippen molar-refractivity contribution in [2.24, 2.45) is 0 Å². The number of aromatic nitrogens is 1. The molecule has 1 aromatic heterocycles. The smallest absolute Gasteiger partial charge is 0.106 e. The lowest BCUT2D eigenvalue weighted by atomic mass is 10.1. The van der Waals surface area contributed by atoms with Crippen LogP contribution in [0.3, 0.4) is 0 Å².